The Bertz CT molecular complexity index is 604. The maximum Gasteiger partial charge on any atom is 0.0627 e. The molecule has 3 saturated carbocycles. The summed E-state index contributed by atoms with van der Waals surface area (Å²) in [5, 5.41) is 20.4. The van der Waals surface area contributed by atoms with Gasteiger partial charge >= 0.3 is 0 Å². The van der Waals surface area contributed by atoms with Gasteiger partial charge < -0.3 is 10.2 Å². The van der Waals surface area contributed by atoms with Crippen LogP contribution in [0.25, 0.3) is 0 Å². The highest BCUT2D eigenvalue weighted by molar-refractivity contribution is 5.21. The third-order valence-corrected chi connectivity index (χ3v) is 9.11. The van der Waals surface area contributed by atoms with Gasteiger partial charge in [0.05, 0.1) is 12.2 Å². The summed E-state index contributed by atoms with van der Waals surface area (Å²) in [6.07, 6.45) is 17.5. The van der Waals surface area contributed by atoms with E-state index >= 15 is 0 Å². The molecular formula is C30H54O2. The van der Waals surface area contributed by atoms with Crippen LogP contribution in [0.2, 0.25) is 0 Å². The minimum Gasteiger partial charge on any atom is -0.392 e. The van der Waals surface area contributed by atoms with Crippen molar-refractivity contribution in [2.45, 2.75) is 131 Å². The van der Waals surface area contributed by atoms with E-state index in [1.165, 1.54) is 56.9 Å². The molecule has 0 aromatic carbocycles. The molecule has 0 amide bonds. The van der Waals surface area contributed by atoms with Gasteiger partial charge in [-0.15, -0.1) is 0 Å². The lowest BCUT2D eigenvalue weighted by Crippen LogP contribution is -2.36. The lowest BCUT2D eigenvalue weighted by atomic mass is 9.60. The second-order valence-corrected chi connectivity index (χ2v) is 11.7. The van der Waals surface area contributed by atoms with E-state index < -0.39 is 12.2 Å². The van der Waals surface area contributed by atoms with Crippen molar-refractivity contribution < 1.29 is 10.2 Å². The molecule has 186 valence electrons. The minimum atomic E-state index is -0.390. The molecule has 3 aliphatic rings. The predicted molar refractivity (Wildman–Crippen MR) is 139 cm³/mol. The van der Waals surface area contributed by atoms with Gasteiger partial charge in [-0.05, 0) is 80.5 Å². The van der Waals surface area contributed by atoms with Crippen LogP contribution in [-0.4, -0.2) is 22.4 Å². The molecule has 32 heavy (non-hydrogen) atoms. The van der Waals surface area contributed by atoms with Crippen LogP contribution in [0.3, 0.4) is 0 Å². The maximum atomic E-state index is 10.2. The summed E-state index contributed by atoms with van der Waals surface area (Å²) in [7, 11) is 0. The first-order valence-corrected chi connectivity index (χ1v) is 13.9. The number of hydrogen-bond acceptors (Lipinski definition) is 2. The normalized spacial score (nSPS) is 37.1. The van der Waals surface area contributed by atoms with Crippen LogP contribution in [0, 0.1) is 35.0 Å². The van der Waals surface area contributed by atoms with Crippen molar-refractivity contribution in [3.05, 3.63) is 23.3 Å². The molecule has 0 heterocycles. The second-order valence-electron chi connectivity index (χ2n) is 11.7. The molecule has 0 aliphatic heterocycles. The zero-order valence-electron chi connectivity index (χ0n) is 22.4. The Kier molecular flexibility index (Phi) is 11.0. The van der Waals surface area contributed by atoms with E-state index in [4.69, 9.17) is 0 Å². The first kappa shape index (κ1) is 27.6. The summed E-state index contributed by atoms with van der Waals surface area (Å²) in [6, 6.07) is 0. The Balaban J connectivity index is 0.00000176. The highest BCUT2D eigenvalue weighted by Crippen LogP contribution is 2.60. The van der Waals surface area contributed by atoms with Gasteiger partial charge in [-0.1, -0.05) is 91.0 Å². The number of hydrogen-bond donors (Lipinski definition) is 2. The van der Waals surface area contributed by atoms with Crippen LogP contribution < -0.4 is 0 Å². The minimum absolute atomic E-state index is 0.00231. The van der Waals surface area contributed by atoms with E-state index in [0.717, 1.165) is 42.9 Å². The number of allylic oxidation sites excluding steroid dienone is 3. The molecule has 0 radical (unpaired) electrons. The van der Waals surface area contributed by atoms with Gasteiger partial charge in [-0.3, -0.25) is 0 Å². The largest absolute Gasteiger partial charge is 0.392 e. The zero-order valence-corrected chi connectivity index (χ0v) is 22.4. The lowest BCUT2D eigenvalue weighted by Gasteiger charge is -2.44. The number of fused-ring (bicyclic) bond motifs is 1. The number of aliphatic hydroxyl groups is 2. The molecule has 2 unspecified atom stereocenters. The van der Waals surface area contributed by atoms with Crippen LogP contribution in [0.4, 0.5) is 0 Å². The molecule has 3 fully saturated rings. The zero-order chi connectivity index (χ0) is 23.9. The molecular weight excluding hydrogens is 392 g/mol. The maximum absolute atomic E-state index is 10.2. The highest BCUT2D eigenvalue weighted by Gasteiger charge is 2.50. The summed E-state index contributed by atoms with van der Waals surface area (Å²) in [5.41, 5.74) is 3.45. The van der Waals surface area contributed by atoms with Gasteiger partial charge in [0, 0.05) is 5.92 Å². The van der Waals surface area contributed by atoms with E-state index in [1.54, 1.807) is 5.57 Å². The summed E-state index contributed by atoms with van der Waals surface area (Å²) >= 11 is 0. The van der Waals surface area contributed by atoms with Crippen LogP contribution >= 0.6 is 0 Å². The summed E-state index contributed by atoms with van der Waals surface area (Å²) in [6.45, 7) is 15.8. The van der Waals surface area contributed by atoms with Crippen molar-refractivity contribution in [3.63, 3.8) is 0 Å². The molecule has 0 aromatic heterocycles. The fraction of sp³-hybridized carbons (Fsp3) is 0.867. The first-order chi connectivity index (χ1) is 15.2. The van der Waals surface area contributed by atoms with Crippen molar-refractivity contribution >= 4 is 0 Å². The Labute approximate surface area is 200 Å². The third kappa shape index (κ3) is 6.72. The summed E-state index contributed by atoms with van der Waals surface area (Å²) < 4.78 is 0. The fourth-order valence-electron chi connectivity index (χ4n) is 7.10. The SMILES string of the molecule is CC.CC(C)CCC[C@H](C)C1CCC2/C(=C/CC=C3C[C@@H](O)C(C)[C@H](O)C3)CCC[C@@]21C. The monoisotopic (exact) mass is 446 g/mol. The van der Waals surface area contributed by atoms with Crippen molar-refractivity contribution in [2.24, 2.45) is 35.0 Å². The van der Waals surface area contributed by atoms with Crippen molar-refractivity contribution in [2.75, 3.05) is 0 Å². The molecule has 0 spiro atoms. The van der Waals surface area contributed by atoms with Crippen LogP contribution in [0.15, 0.2) is 23.3 Å². The molecule has 0 bridgehead atoms. The molecule has 3 rings (SSSR count). The van der Waals surface area contributed by atoms with E-state index in [1.807, 2.05) is 20.8 Å². The standard InChI is InChI=1S/C28H48O2.C2H6/c1-19(2)9-6-10-20(3)24-14-15-25-23(13-8-16-28(24,25)5)12-7-11-22-17-26(29)21(4)27(30)18-22;1-2/h11-12,19-21,24-27,29-30H,6-10,13-18H2,1-5H3;1-2H3/b22-11?,23-12+;/t20-,21?,24?,25?,26+,27+,28+;/m0./s1. The van der Waals surface area contributed by atoms with Gasteiger partial charge in [0.25, 0.3) is 0 Å². The van der Waals surface area contributed by atoms with Crippen molar-refractivity contribution in [3.8, 4) is 0 Å². The van der Waals surface area contributed by atoms with E-state index in [0.29, 0.717) is 5.41 Å². The molecule has 2 nitrogen and oxygen atoms in total. The molecule has 2 N–H and O–H groups in total. The lowest BCUT2D eigenvalue weighted by molar-refractivity contribution is 0.00396. The molecule has 6 atom stereocenters. The third-order valence-electron chi connectivity index (χ3n) is 9.11. The van der Waals surface area contributed by atoms with E-state index in [9.17, 15) is 10.2 Å². The summed E-state index contributed by atoms with van der Waals surface area (Å²) in [5.74, 6) is 3.36. The van der Waals surface area contributed by atoms with Gasteiger partial charge in [0.1, 0.15) is 0 Å². The van der Waals surface area contributed by atoms with Crippen molar-refractivity contribution in [1.29, 1.82) is 0 Å². The molecule has 2 heteroatoms. The van der Waals surface area contributed by atoms with Gasteiger partial charge in [0.15, 0.2) is 0 Å². The highest BCUT2D eigenvalue weighted by atomic mass is 16.3. The Hall–Kier alpha value is -0.600. The average molecular weight is 447 g/mol. The Morgan fingerprint density at radius 2 is 1.66 bits per heavy atom. The van der Waals surface area contributed by atoms with Gasteiger partial charge in [-0.25, -0.2) is 0 Å². The number of rotatable bonds is 7. The van der Waals surface area contributed by atoms with Crippen LogP contribution in [-0.2, 0) is 0 Å². The van der Waals surface area contributed by atoms with Gasteiger partial charge in [-0.2, -0.15) is 0 Å². The van der Waals surface area contributed by atoms with Crippen LogP contribution in [0.1, 0.15) is 119 Å². The summed E-state index contributed by atoms with van der Waals surface area (Å²) in [4.78, 5) is 0. The quantitative estimate of drug-likeness (QED) is 0.388. The predicted octanol–water partition coefficient (Wildman–Crippen LogP) is 8.09. The fourth-order valence-corrected chi connectivity index (χ4v) is 7.10. The Morgan fingerprint density at radius 1 is 1.00 bits per heavy atom. The Morgan fingerprint density at radius 3 is 2.28 bits per heavy atom. The molecule has 0 saturated heterocycles. The smallest absolute Gasteiger partial charge is 0.0627 e. The second kappa shape index (κ2) is 12.7. The average Bonchev–Trinajstić information content (AvgIpc) is 3.11. The van der Waals surface area contributed by atoms with E-state index in [-0.39, 0.29) is 5.92 Å². The van der Waals surface area contributed by atoms with E-state index in [2.05, 4.69) is 39.8 Å². The topological polar surface area (TPSA) is 40.5 Å². The first-order valence-electron chi connectivity index (χ1n) is 13.9. The molecule has 3 aliphatic carbocycles. The number of aliphatic hydroxyl groups excluding tert-OH is 2. The van der Waals surface area contributed by atoms with Crippen LogP contribution in [0.5, 0.6) is 0 Å². The molecule has 0 aromatic rings. The van der Waals surface area contributed by atoms with Crippen molar-refractivity contribution in [1.82, 2.24) is 0 Å². The van der Waals surface area contributed by atoms with Gasteiger partial charge in [0.2, 0.25) is 0 Å².